The largest absolute Gasteiger partial charge is 0.462 e. The number of hydrogen-bond acceptors (Lipinski definition) is 4. The van der Waals surface area contributed by atoms with E-state index < -0.39 is 5.97 Å². The van der Waals surface area contributed by atoms with Gasteiger partial charge in [-0.05, 0) is 19.9 Å². The minimum Gasteiger partial charge on any atom is -0.462 e. The third-order valence-corrected chi connectivity index (χ3v) is 3.24. The van der Waals surface area contributed by atoms with Gasteiger partial charge in [0.15, 0.2) is 5.65 Å². The Balaban J connectivity index is 2.13. The lowest BCUT2D eigenvalue weighted by Gasteiger charge is -2.05. The fourth-order valence-corrected chi connectivity index (χ4v) is 2.19. The summed E-state index contributed by atoms with van der Waals surface area (Å²) in [5, 5.41) is 4.27. The number of esters is 1. The molecule has 21 heavy (non-hydrogen) atoms. The number of aromatic nitrogens is 3. The fourth-order valence-electron chi connectivity index (χ4n) is 2.19. The van der Waals surface area contributed by atoms with Gasteiger partial charge < -0.3 is 4.74 Å². The van der Waals surface area contributed by atoms with E-state index >= 15 is 0 Å². The molecule has 0 N–H and O–H groups in total. The van der Waals surface area contributed by atoms with Gasteiger partial charge >= 0.3 is 5.97 Å². The Kier molecular flexibility index (Phi) is 3.39. The molecule has 0 bridgehead atoms. The number of aryl methyl sites for hydroxylation is 1. The zero-order valence-electron chi connectivity index (χ0n) is 11.9. The van der Waals surface area contributed by atoms with Gasteiger partial charge in [-0.15, -0.1) is 0 Å². The molecule has 0 radical (unpaired) electrons. The Bertz CT molecular complexity index is 791. The molecule has 0 aliphatic rings. The molecule has 0 aliphatic heterocycles. The van der Waals surface area contributed by atoms with E-state index in [2.05, 4.69) is 10.1 Å². The zero-order valence-corrected chi connectivity index (χ0v) is 11.9. The minimum atomic E-state index is -0.402. The van der Waals surface area contributed by atoms with E-state index in [1.807, 2.05) is 37.3 Å². The normalized spacial score (nSPS) is 10.8. The Hall–Kier alpha value is -2.69. The summed E-state index contributed by atoms with van der Waals surface area (Å²) in [6.07, 6.45) is 3.17. The Morgan fingerprint density at radius 3 is 2.71 bits per heavy atom. The molecule has 0 unspecified atom stereocenters. The van der Waals surface area contributed by atoms with Crippen molar-refractivity contribution in [3.8, 4) is 11.3 Å². The Labute approximate surface area is 122 Å². The van der Waals surface area contributed by atoms with Gasteiger partial charge in [-0.3, -0.25) is 0 Å². The molecule has 0 spiro atoms. The van der Waals surface area contributed by atoms with E-state index in [9.17, 15) is 4.79 Å². The Morgan fingerprint density at radius 1 is 1.24 bits per heavy atom. The maximum Gasteiger partial charge on any atom is 0.343 e. The van der Waals surface area contributed by atoms with Crippen LogP contribution in [0.15, 0.2) is 42.7 Å². The first kappa shape index (κ1) is 13.3. The van der Waals surface area contributed by atoms with Gasteiger partial charge in [-0.2, -0.15) is 5.10 Å². The van der Waals surface area contributed by atoms with E-state index in [0.29, 0.717) is 17.8 Å². The van der Waals surface area contributed by atoms with Crippen LogP contribution in [-0.2, 0) is 4.74 Å². The number of carbonyl (C=O) groups excluding carboxylic acids is 1. The third-order valence-electron chi connectivity index (χ3n) is 3.24. The third kappa shape index (κ3) is 2.38. The minimum absolute atomic E-state index is 0.327. The van der Waals surface area contributed by atoms with Crippen LogP contribution in [0.2, 0.25) is 0 Å². The molecule has 0 aliphatic carbocycles. The van der Waals surface area contributed by atoms with Crippen molar-refractivity contribution in [3.63, 3.8) is 0 Å². The SMILES string of the molecule is CCOC(=O)c1cnn2c(-c3ccc(C)cc3)ccnc12. The summed E-state index contributed by atoms with van der Waals surface area (Å²) < 4.78 is 6.69. The highest BCUT2D eigenvalue weighted by Crippen LogP contribution is 2.21. The number of rotatable bonds is 3. The topological polar surface area (TPSA) is 56.5 Å². The van der Waals surface area contributed by atoms with Crippen molar-refractivity contribution in [3.05, 3.63) is 53.9 Å². The highest BCUT2D eigenvalue weighted by Gasteiger charge is 2.16. The number of benzene rings is 1. The van der Waals surface area contributed by atoms with Crippen LogP contribution in [-0.4, -0.2) is 27.2 Å². The van der Waals surface area contributed by atoms with Crippen molar-refractivity contribution in [1.82, 2.24) is 14.6 Å². The first-order valence-electron chi connectivity index (χ1n) is 6.77. The van der Waals surface area contributed by atoms with Crippen molar-refractivity contribution < 1.29 is 9.53 Å². The highest BCUT2D eigenvalue weighted by atomic mass is 16.5. The van der Waals surface area contributed by atoms with Crippen LogP contribution in [0.3, 0.4) is 0 Å². The maximum atomic E-state index is 11.9. The molecule has 5 nitrogen and oxygen atoms in total. The summed E-state index contributed by atoms with van der Waals surface area (Å²) in [6, 6.07) is 10.00. The predicted molar refractivity (Wildman–Crippen MR) is 79.1 cm³/mol. The first-order valence-corrected chi connectivity index (χ1v) is 6.77. The van der Waals surface area contributed by atoms with Gasteiger partial charge in [0, 0.05) is 11.8 Å². The molecule has 0 atom stereocenters. The molecular weight excluding hydrogens is 266 g/mol. The van der Waals surface area contributed by atoms with Crippen LogP contribution in [0, 0.1) is 6.92 Å². The average Bonchev–Trinajstić information content (AvgIpc) is 2.92. The molecule has 5 heteroatoms. The second-order valence-corrected chi connectivity index (χ2v) is 4.71. The van der Waals surface area contributed by atoms with Gasteiger partial charge in [0.1, 0.15) is 5.56 Å². The Morgan fingerprint density at radius 2 is 2.00 bits per heavy atom. The van der Waals surface area contributed by atoms with Crippen LogP contribution >= 0.6 is 0 Å². The molecule has 1 aromatic carbocycles. The van der Waals surface area contributed by atoms with Crippen molar-refractivity contribution >= 4 is 11.6 Å². The van der Waals surface area contributed by atoms with Crippen LogP contribution in [0.25, 0.3) is 16.9 Å². The molecule has 0 amide bonds. The summed E-state index contributed by atoms with van der Waals surface area (Å²) in [5.41, 5.74) is 3.98. The first-order chi connectivity index (χ1) is 10.2. The molecule has 3 rings (SSSR count). The summed E-state index contributed by atoms with van der Waals surface area (Å²) in [7, 11) is 0. The fraction of sp³-hybridized carbons (Fsp3) is 0.188. The van der Waals surface area contributed by atoms with Gasteiger partial charge in [-0.25, -0.2) is 14.3 Å². The molecule has 2 heterocycles. The van der Waals surface area contributed by atoms with Gasteiger partial charge in [0.2, 0.25) is 0 Å². The van der Waals surface area contributed by atoms with E-state index in [1.54, 1.807) is 17.6 Å². The second-order valence-electron chi connectivity index (χ2n) is 4.71. The molecule has 0 saturated heterocycles. The van der Waals surface area contributed by atoms with Gasteiger partial charge in [0.25, 0.3) is 0 Å². The van der Waals surface area contributed by atoms with E-state index in [1.165, 1.54) is 11.8 Å². The van der Waals surface area contributed by atoms with Gasteiger partial charge in [0.05, 0.1) is 18.5 Å². The van der Waals surface area contributed by atoms with Crippen LogP contribution in [0.5, 0.6) is 0 Å². The quantitative estimate of drug-likeness (QED) is 0.693. The molecule has 2 aromatic heterocycles. The maximum absolute atomic E-state index is 11.9. The second kappa shape index (κ2) is 5.36. The van der Waals surface area contributed by atoms with Crippen molar-refractivity contribution in [2.24, 2.45) is 0 Å². The van der Waals surface area contributed by atoms with Crippen LogP contribution < -0.4 is 0 Å². The lowest BCUT2D eigenvalue weighted by atomic mass is 10.1. The number of carbonyl (C=O) groups is 1. The number of hydrogen-bond donors (Lipinski definition) is 0. The molecule has 0 fully saturated rings. The summed E-state index contributed by atoms with van der Waals surface area (Å²) in [4.78, 5) is 16.1. The van der Waals surface area contributed by atoms with Crippen LogP contribution in [0.4, 0.5) is 0 Å². The predicted octanol–water partition coefficient (Wildman–Crippen LogP) is 2.88. The van der Waals surface area contributed by atoms with Crippen molar-refractivity contribution in [1.29, 1.82) is 0 Å². The number of nitrogens with zero attached hydrogens (tertiary/aromatic N) is 3. The molecule has 0 saturated carbocycles. The van der Waals surface area contributed by atoms with E-state index in [4.69, 9.17) is 4.74 Å². The summed E-state index contributed by atoms with van der Waals surface area (Å²) in [6.45, 7) is 4.14. The van der Waals surface area contributed by atoms with Crippen LogP contribution in [0.1, 0.15) is 22.8 Å². The lowest BCUT2D eigenvalue weighted by Crippen LogP contribution is -2.05. The summed E-state index contributed by atoms with van der Waals surface area (Å²) in [5.74, 6) is -0.402. The van der Waals surface area contributed by atoms with Gasteiger partial charge in [-0.1, -0.05) is 29.8 Å². The molecule has 3 aromatic rings. The number of fused-ring (bicyclic) bond motifs is 1. The molecular formula is C16H15N3O2. The van der Waals surface area contributed by atoms with E-state index in [0.717, 1.165) is 11.3 Å². The smallest absolute Gasteiger partial charge is 0.343 e. The standard InChI is InChI=1S/C16H15N3O2/c1-3-21-16(20)13-10-18-19-14(8-9-17-15(13)19)12-6-4-11(2)5-7-12/h4-10H,3H2,1-2H3. The van der Waals surface area contributed by atoms with Crippen molar-refractivity contribution in [2.75, 3.05) is 6.61 Å². The zero-order chi connectivity index (χ0) is 14.8. The monoisotopic (exact) mass is 281 g/mol. The average molecular weight is 281 g/mol. The lowest BCUT2D eigenvalue weighted by molar-refractivity contribution is 0.0528. The van der Waals surface area contributed by atoms with Crippen molar-refractivity contribution in [2.45, 2.75) is 13.8 Å². The van der Waals surface area contributed by atoms with E-state index in [-0.39, 0.29) is 0 Å². The summed E-state index contributed by atoms with van der Waals surface area (Å²) >= 11 is 0. The molecule has 106 valence electrons. The highest BCUT2D eigenvalue weighted by molar-refractivity contribution is 5.95. The number of ether oxygens (including phenoxy) is 1.